The zero-order chi connectivity index (χ0) is 23.5. The summed E-state index contributed by atoms with van der Waals surface area (Å²) < 4.78 is 19.7. The van der Waals surface area contributed by atoms with Crippen LogP contribution in [0, 0.1) is 0 Å². The second kappa shape index (κ2) is 9.72. The molecule has 0 aliphatic carbocycles. The monoisotopic (exact) mass is 440 g/mol. The van der Waals surface area contributed by atoms with E-state index >= 15 is 0 Å². The fourth-order valence-electron chi connectivity index (χ4n) is 3.87. The van der Waals surface area contributed by atoms with Gasteiger partial charge in [-0.05, 0) is 43.4 Å². The molecule has 0 saturated carbocycles. The molecule has 1 aliphatic rings. The number of carbonyl (C=O) groups excluding carboxylic acids is 2. The average molecular weight is 441 g/mol. The van der Waals surface area contributed by atoms with Crippen molar-refractivity contribution in [2.24, 2.45) is 0 Å². The molecule has 1 N–H and O–H groups in total. The third kappa shape index (κ3) is 5.87. The minimum Gasteiger partial charge on any atom is -0.444 e. The summed E-state index contributed by atoms with van der Waals surface area (Å²) in [5.74, 6) is 0.00831. The highest BCUT2D eigenvalue weighted by Gasteiger charge is 2.42. The van der Waals surface area contributed by atoms with E-state index in [1.165, 1.54) is 10.5 Å². The van der Waals surface area contributed by atoms with Crippen LogP contribution in [0.25, 0.3) is 0 Å². The SMILES string of the molecule is CC(C)c1ccc([C@@H](NC(=O)C2CC(F)CN2C(=O)OC(C)(C)C)c2ccccc2)cc1. The van der Waals surface area contributed by atoms with Crippen LogP contribution in [0.3, 0.4) is 0 Å². The smallest absolute Gasteiger partial charge is 0.411 e. The zero-order valence-electron chi connectivity index (χ0n) is 19.5. The number of alkyl halides is 1. The van der Waals surface area contributed by atoms with Gasteiger partial charge in [-0.3, -0.25) is 9.69 Å². The highest BCUT2D eigenvalue weighted by Crippen LogP contribution is 2.27. The summed E-state index contributed by atoms with van der Waals surface area (Å²) in [7, 11) is 0. The summed E-state index contributed by atoms with van der Waals surface area (Å²) in [5, 5.41) is 3.05. The standard InChI is InChI=1S/C26H33FN2O3/c1-17(2)18-11-13-20(14-12-18)23(19-9-7-6-8-10-19)28-24(30)22-15-21(27)16-29(22)25(31)32-26(3,4)5/h6-14,17,21-23H,15-16H2,1-5H3,(H,28,30)/t21?,22?,23-/m0/s1. The Bertz CT molecular complexity index is 922. The molecule has 2 aromatic carbocycles. The van der Waals surface area contributed by atoms with Gasteiger partial charge in [0.25, 0.3) is 0 Å². The first-order chi connectivity index (χ1) is 15.0. The molecule has 2 amide bonds. The van der Waals surface area contributed by atoms with E-state index in [1.807, 2.05) is 42.5 Å². The number of benzene rings is 2. The predicted molar refractivity (Wildman–Crippen MR) is 123 cm³/mol. The first kappa shape index (κ1) is 23.8. The van der Waals surface area contributed by atoms with Crippen molar-refractivity contribution >= 4 is 12.0 Å². The van der Waals surface area contributed by atoms with E-state index in [4.69, 9.17) is 4.74 Å². The van der Waals surface area contributed by atoms with E-state index in [0.717, 1.165) is 11.1 Å². The van der Waals surface area contributed by atoms with Gasteiger partial charge in [-0.2, -0.15) is 0 Å². The second-order valence-corrected chi connectivity index (χ2v) is 9.66. The van der Waals surface area contributed by atoms with Crippen LogP contribution >= 0.6 is 0 Å². The van der Waals surface area contributed by atoms with Crippen molar-refractivity contribution in [3.63, 3.8) is 0 Å². The zero-order valence-corrected chi connectivity index (χ0v) is 19.5. The number of rotatable bonds is 5. The third-order valence-electron chi connectivity index (χ3n) is 5.54. The Morgan fingerprint density at radius 3 is 2.12 bits per heavy atom. The molecule has 3 rings (SSSR count). The van der Waals surface area contributed by atoms with Gasteiger partial charge >= 0.3 is 6.09 Å². The van der Waals surface area contributed by atoms with Crippen LogP contribution in [-0.4, -0.2) is 41.3 Å². The Morgan fingerprint density at radius 1 is 1.00 bits per heavy atom. The molecule has 3 atom stereocenters. The first-order valence-electron chi connectivity index (χ1n) is 11.1. The Morgan fingerprint density at radius 2 is 1.56 bits per heavy atom. The van der Waals surface area contributed by atoms with E-state index in [0.29, 0.717) is 5.92 Å². The number of carbonyl (C=O) groups is 2. The molecule has 1 aliphatic heterocycles. The van der Waals surface area contributed by atoms with Crippen molar-refractivity contribution in [3.8, 4) is 0 Å². The molecule has 1 fully saturated rings. The molecule has 0 bridgehead atoms. The fourth-order valence-corrected chi connectivity index (χ4v) is 3.87. The molecule has 6 heteroatoms. The van der Waals surface area contributed by atoms with Gasteiger partial charge in [0.2, 0.25) is 5.91 Å². The quantitative estimate of drug-likeness (QED) is 0.681. The number of amides is 2. The summed E-state index contributed by atoms with van der Waals surface area (Å²) >= 11 is 0. The van der Waals surface area contributed by atoms with Crippen LogP contribution in [0.2, 0.25) is 0 Å². The number of hydrogen-bond donors (Lipinski definition) is 1. The van der Waals surface area contributed by atoms with Crippen LogP contribution in [0.4, 0.5) is 9.18 Å². The number of hydrogen-bond acceptors (Lipinski definition) is 3. The molecular formula is C26H33FN2O3. The second-order valence-electron chi connectivity index (χ2n) is 9.66. The summed E-state index contributed by atoms with van der Waals surface area (Å²) in [5.41, 5.74) is 2.32. The molecule has 5 nitrogen and oxygen atoms in total. The third-order valence-corrected chi connectivity index (χ3v) is 5.54. The van der Waals surface area contributed by atoms with E-state index in [9.17, 15) is 14.0 Å². The number of likely N-dealkylation sites (tertiary alicyclic amines) is 1. The molecule has 0 radical (unpaired) electrons. The molecule has 32 heavy (non-hydrogen) atoms. The van der Waals surface area contributed by atoms with Crippen molar-refractivity contribution < 1.29 is 18.7 Å². The lowest BCUT2D eigenvalue weighted by Crippen LogP contribution is -2.48. The highest BCUT2D eigenvalue weighted by molar-refractivity contribution is 5.87. The minimum atomic E-state index is -1.27. The summed E-state index contributed by atoms with van der Waals surface area (Å²) in [6.07, 6.45) is -1.98. The van der Waals surface area contributed by atoms with Gasteiger partial charge in [0.1, 0.15) is 17.8 Å². The van der Waals surface area contributed by atoms with Crippen LogP contribution in [0.1, 0.15) is 69.7 Å². The molecule has 1 heterocycles. The lowest BCUT2D eigenvalue weighted by Gasteiger charge is -2.29. The number of nitrogens with zero attached hydrogens (tertiary/aromatic N) is 1. The van der Waals surface area contributed by atoms with Gasteiger partial charge in [0.05, 0.1) is 12.6 Å². The van der Waals surface area contributed by atoms with Gasteiger partial charge in [0.15, 0.2) is 0 Å². The Kier molecular flexibility index (Phi) is 7.22. The molecule has 172 valence electrons. The molecule has 0 spiro atoms. The number of nitrogens with one attached hydrogen (secondary N) is 1. The fraction of sp³-hybridized carbons (Fsp3) is 0.462. The van der Waals surface area contributed by atoms with Gasteiger partial charge in [-0.1, -0.05) is 68.4 Å². The van der Waals surface area contributed by atoms with Crippen LogP contribution in [-0.2, 0) is 9.53 Å². The van der Waals surface area contributed by atoms with E-state index in [-0.39, 0.29) is 13.0 Å². The summed E-state index contributed by atoms with van der Waals surface area (Å²) in [6, 6.07) is 16.4. The van der Waals surface area contributed by atoms with Gasteiger partial charge in [0, 0.05) is 6.42 Å². The van der Waals surface area contributed by atoms with Crippen LogP contribution in [0.15, 0.2) is 54.6 Å². The Balaban J connectivity index is 1.85. The van der Waals surface area contributed by atoms with Gasteiger partial charge in [-0.25, -0.2) is 9.18 Å². The predicted octanol–water partition coefficient (Wildman–Crippen LogP) is 5.36. The van der Waals surface area contributed by atoms with E-state index < -0.39 is 35.9 Å². The van der Waals surface area contributed by atoms with Crippen molar-refractivity contribution in [2.45, 2.75) is 70.8 Å². The van der Waals surface area contributed by atoms with Gasteiger partial charge in [-0.15, -0.1) is 0 Å². The number of halogens is 1. The maximum Gasteiger partial charge on any atom is 0.411 e. The first-order valence-corrected chi connectivity index (χ1v) is 11.1. The van der Waals surface area contributed by atoms with E-state index in [2.05, 4.69) is 31.3 Å². The van der Waals surface area contributed by atoms with Crippen molar-refractivity contribution in [3.05, 3.63) is 71.3 Å². The topological polar surface area (TPSA) is 58.6 Å². The van der Waals surface area contributed by atoms with Crippen LogP contribution in [0.5, 0.6) is 0 Å². The molecule has 2 unspecified atom stereocenters. The normalized spacial score (nSPS) is 19.7. The lowest BCUT2D eigenvalue weighted by atomic mass is 9.95. The minimum absolute atomic E-state index is 0.0428. The number of ether oxygens (including phenoxy) is 1. The van der Waals surface area contributed by atoms with Crippen LogP contribution < -0.4 is 5.32 Å². The summed E-state index contributed by atoms with van der Waals surface area (Å²) in [4.78, 5) is 27.1. The van der Waals surface area contributed by atoms with E-state index in [1.54, 1.807) is 20.8 Å². The molecule has 1 saturated heterocycles. The molecular weight excluding hydrogens is 407 g/mol. The largest absolute Gasteiger partial charge is 0.444 e. The maximum atomic E-state index is 14.3. The van der Waals surface area contributed by atoms with Crippen molar-refractivity contribution in [2.75, 3.05) is 6.54 Å². The van der Waals surface area contributed by atoms with Crippen molar-refractivity contribution in [1.29, 1.82) is 0 Å². The van der Waals surface area contributed by atoms with Crippen molar-refractivity contribution in [1.82, 2.24) is 10.2 Å². The highest BCUT2D eigenvalue weighted by atomic mass is 19.1. The van der Waals surface area contributed by atoms with Gasteiger partial charge < -0.3 is 10.1 Å². The lowest BCUT2D eigenvalue weighted by molar-refractivity contribution is -0.126. The maximum absolute atomic E-state index is 14.3. The molecule has 2 aromatic rings. The Labute approximate surface area is 190 Å². The average Bonchev–Trinajstić information content (AvgIpc) is 3.13. The summed E-state index contributed by atoms with van der Waals surface area (Å²) in [6.45, 7) is 9.35. The molecule has 0 aromatic heterocycles. The Hall–Kier alpha value is -2.89.